The van der Waals surface area contributed by atoms with Gasteiger partial charge < -0.3 is 29.9 Å². The molecule has 0 radical (unpaired) electrons. The van der Waals surface area contributed by atoms with Gasteiger partial charge in [-0.05, 0) is 92.8 Å². The van der Waals surface area contributed by atoms with E-state index < -0.39 is 33.8 Å². The summed E-state index contributed by atoms with van der Waals surface area (Å²) in [5, 5.41) is 14.6. The zero-order valence-electron chi connectivity index (χ0n) is 32.3. The second-order valence-electron chi connectivity index (χ2n) is 14.2. The Kier molecular flexibility index (Phi) is 15.4. The molecule has 2 N–H and O–H groups in total. The van der Waals surface area contributed by atoms with E-state index in [-0.39, 0.29) is 65.8 Å². The first-order valence-corrected chi connectivity index (χ1v) is 20.9. The molecule has 3 heterocycles. The number of nitriles is 1. The highest BCUT2D eigenvalue weighted by atomic mass is 32.2. The van der Waals surface area contributed by atoms with Gasteiger partial charge in [-0.2, -0.15) is 18.4 Å². The minimum Gasteiger partial charge on any atom is -0.465 e. The number of nitrogens with zero attached hydrogens (tertiary/aromatic N) is 5. The number of piperidine rings is 1. The van der Waals surface area contributed by atoms with Crippen LogP contribution in [0.4, 0.5) is 24.8 Å². The Morgan fingerprint density at radius 1 is 0.914 bits per heavy atom. The molecule has 18 heteroatoms. The minimum absolute atomic E-state index is 0.0584. The Hall–Kier alpha value is -5.28. The maximum atomic E-state index is 13.9. The summed E-state index contributed by atoms with van der Waals surface area (Å²) < 4.78 is 77.0. The van der Waals surface area contributed by atoms with Gasteiger partial charge in [-0.1, -0.05) is 12.1 Å². The molecule has 0 spiro atoms. The van der Waals surface area contributed by atoms with Gasteiger partial charge in [0.2, 0.25) is 17.6 Å². The van der Waals surface area contributed by atoms with Crippen LogP contribution in [0, 0.1) is 17.2 Å². The van der Waals surface area contributed by atoms with Crippen LogP contribution in [0.3, 0.4) is 0 Å². The molecular formula is C40H48F3N7O7S. The third-order valence-corrected chi connectivity index (χ3v) is 12.0. The number of amides is 2. The smallest absolute Gasteiger partial charge is 0.451 e. The lowest BCUT2D eigenvalue weighted by molar-refractivity contribution is -0.144. The molecule has 1 atom stereocenters. The topological polar surface area (TPSA) is 184 Å². The number of methoxy groups -OCH3 is 1. The number of anilines is 2. The van der Waals surface area contributed by atoms with Gasteiger partial charge in [0.25, 0.3) is 0 Å². The zero-order chi connectivity index (χ0) is 41.7. The number of sulfone groups is 1. The molecule has 0 bridgehead atoms. The quantitative estimate of drug-likeness (QED) is 0.128. The molecule has 1 aromatic heterocycles. The number of benzene rings is 2. The number of alkyl halides is 3. The van der Waals surface area contributed by atoms with Gasteiger partial charge in [-0.3, -0.25) is 9.59 Å². The molecule has 312 valence electrons. The molecule has 2 fully saturated rings. The average Bonchev–Trinajstić information content (AvgIpc) is 3.20. The van der Waals surface area contributed by atoms with E-state index in [2.05, 4.69) is 31.4 Å². The van der Waals surface area contributed by atoms with Crippen LogP contribution in [-0.2, 0) is 41.5 Å². The van der Waals surface area contributed by atoms with Gasteiger partial charge in [0, 0.05) is 51.8 Å². The van der Waals surface area contributed by atoms with Gasteiger partial charge >= 0.3 is 12.1 Å². The van der Waals surface area contributed by atoms with Crippen molar-refractivity contribution in [2.45, 2.75) is 68.5 Å². The van der Waals surface area contributed by atoms with Crippen molar-refractivity contribution in [3.8, 4) is 6.07 Å². The monoisotopic (exact) mass is 827 g/mol. The summed E-state index contributed by atoms with van der Waals surface area (Å²) >= 11 is 0. The van der Waals surface area contributed by atoms with Gasteiger partial charge in [-0.15, -0.1) is 0 Å². The van der Waals surface area contributed by atoms with Crippen molar-refractivity contribution < 1.29 is 45.4 Å². The summed E-state index contributed by atoms with van der Waals surface area (Å²) in [5.41, 5.74) is 1.74. The molecule has 58 heavy (non-hydrogen) atoms. The number of hydrogen-bond donors (Lipinski definition) is 2. The molecule has 0 saturated carbocycles. The lowest BCUT2D eigenvalue weighted by Gasteiger charge is -2.41. The van der Waals surface area contributed by atoms with Gasteiger partial charge in [0.1, 0.15) is 17.7 Å². The van der Waals surface area contributed by atoms with Crippen LogP contribution in [0.2, 0.25) is 0 Å². The van der Waals surface area contributed by atoms with Crippen molar-refractivity contribution in [2.24, 2.45) is 5.92 Å². The summed E-state index contributed by atoms with van der Waals surface area (Å²) in [7, 11) is -2.30. The van der Waals surface area contributed by atoms with E-state index in [9.17, 15) is 36.0 Å². The van der Waals surface area contributed by atoms with E-state index in [4.69, 9.17) is 10.00 Å². The molecule has 0 aliphatic carbocycles. The van der Waals surface area contributed by atoms with Crippen molar-refractivity contribution in [1.29, 1.82) is 5.26 Å². The predicted octanol–water partition coefficient (Wildman–Crippen LogP) is 4.47. The van der Waals surface area contributed by atoms with Gasteiger partial charge in [0.15, 0.2) is 9.84 Å². The molecular weight excluding hydrogens is 780 g/mol. The Bertz CT molecular complexity index is 2020. The second kappa shape index (κ2) is 20.4. The first-order chi connectivity index (χ1) is 27.8. The lowest BCUT2D eigenvalue weighted by atomic mass is 9.91. The summed E-state index contributed by atoms with van der Waals surface area (Å²) in [6.45, 7) is 2.41. The Morgan fingerprint density at radius 3 is 2.26 bits per heavy atom. The van der Waals surface area contributed by atoms with Crippen molar-refractivity contribution in [2.75, 3.05) is 68.6 Å². The van der Waals surface area contributed by atoms with E-state index in [0.717, 1.165) is 24.8 Å². The van der Waals surface area contributed by atoms with E-state index in [0.29, 0.717) is 63.3 Å². The number of nitrogens with one attached hydrogen (secondary N) is 2. The van der Waals surface area contributed by atoms with Crippen LogP contribution in [-0.4, -0.2) is 101 Å². The number of hydrogen-bond acceptors (Lipinski definition) is 12. The first kappa shape index (κ1) is 43.8. The fourth-order valence-electron chi connectivity index (χ4n) is 6.83. The van der Waals surface area contributed by atoms with Crippen LogP contribution in [0.15, 0.2) is 59.5 Å². The van der Waals surface area contributed by atoms with Crippen molar-refractivity contribution in [1.82, 2.24) is 20.6 Å². The largest absolute Gasteiger partial charge is 0.465 e. The van der Waals surface area contributed by atoms with Crippen LogP contribution in [0.1, 0.15) is 72.3 Å². The second-order valence-corrected chi connectivity index (χ2v) is 16.3. The molecule has 5 rings (SSSR count). The van der Waals surface area contributed by atoms with Crippen molar-refractivity contribution in [3.63, 3.8) is 0 Å². The number of carbonyl (C=O) groups is 3. The standard InChI is InChI=1S/C40H48F3N7O7S/c1-56-38(53)31-10-12-32(13-11-31)58(54,55)25-3-23-57-24-19-45-36(51)5-2-4-28-15-20-49(21-16-28)34-26-35(48-39(47-34)40(41,42)43)50-22-17-33(50)37(52)46-18-14-29-6-8-30(27-44)9-7-29/h6-13,26,28,33H,2-5,14-25H2,1H3,(H,45,51)(H,46,52)/t33-/m0/s1. The predicted molar refractivity (Wildman–Crippen MR) is 208 cm³/mol. The van der Waals surface area contributed by atoms with Crippen molar-refractivity contribution >= 4 is 39.3 Å². The highest BCUT2D eigenvalue weighted by Crippen LogP contribution is 2.35. The first-order valence-electron chi connectivity index (χ1n) is 19.3. The van der Waals surface area contributed by atoms with E-state index in [1.807, 2.05) is 17.0 Å². The summed E-state index contributed by atoms with van der Waals surface area (Å²) in [4.78, 5) is 48.1. The third-order valence-electron chi connectivity index (χ3n) is 10.2. The van der Waals surface area contributed by atoms with Gasteiger partial charge in [-0.25, -0.2) is 23.2 Å². The van der Waals surface area contributed by atoms with E-state index in [1.54, 1.807) is 17.0 Å². The SMILES string of the molecule is COC(=O)c1ccc(S(=O)(=O)CCCOCCNC(=O)CCCC2CCN(c3cc(N4CC[C@H]4C(=O)NCCc4ccc(C#N)cc4)nc(C(F)(F)F)n3)CC2)cc1. The Balaban J connectivity index is 0.986. The number of ether oxygens (including phenoxy) is 2. The molecule has 2 aromatic carbocycles. The molecule has 3 aromatic rings. The van der Waals surface area contributed by atoms with Crippen LogP contribution < -0.4 is 20.4 Å². The summed E-state index contributed by atoms with van der Waals surface area (Å²) in [5.74, 6) is -1.83. The number of halogens is 3. The van der Waals surface area contributed by atoms with Crippen LogP contribution >= 0.6 is 0 Å². The van der Waals surface area contributed by atoms with Crippen LogP contribution in [0.25, 0.3) is 0 Å². The highest BCUT2D eigenvalue weighted by Gasteiger charge is 2.40. The maximum Gasteiger partial charge on any atom is 0.451 e. The highest BCUT2D eigenvalue weighted by molar-refractivity contribution is 7.91. The molecule has 0 unspecified atom stereocenters. The molecule has 2 saturated heterocycles. The fourth-order valence-corrected chi connectivity index (χ4v) is 8.11. The Labute approximate surface area is 336 Å². The van der Waals surface area contributed by atoms with E-state index in [1.165, 1.54) is 37.4 Å². The zero-order valence-corrected chi connectivity index (χ0v) is 33.1. The lowest BCUT2D eigenvalue weighted by Crippen LogP contribution is -2.57. The van der Waals surface area contributed by atoms with Crippen LogP contribution in [0.5, 0.6) is 0 Å². The number of rotatable bonds is 19. The maximum absolute atomic E-state index is 13.9. The van der Waals surface area contributed by atoms with Crippen molar-refractivity contribution in [3.05, 3.63) is 77.1 Å². The van der Waals surface area contributed by atoms with Gasteiger partial charge in [0.05, 0.1) is 41.6 Å². The Morgan fingerprint density at radius 2 is 1.62 bits per heavy atom. The molecule has 14 nitrogen and oxygen atoms in total. The number of esters is 1. The summed E-state index contributed by atoms with van der Waals surface area (Å²) in [6, 6.07) is 15.5. The fraction of sp³-hybridized carbons (Fsp3) is 0.500. The average molecular weight is 828 g/mol. The third kappa shape index (κ3) is 12.4. The summed E-state index contributed by atoms with van der Waals surface area (Å²) in [6.07, 6.45) is -0.292. The molecule has 2 amide bonds. The minimum atomic E-state index is -4.77. The molecule has 2 aliphatic heterocycles. The number of carbonyl (C=O) groups excluding carboxylic acids is 3. The van der Waals surface area contributed by atoms with E-state index >= 15 is 0 Å². The number of aromatic nitrogens is 2. The normalized spacial score (nSPS) is 15.9. The molecule has 2 aliphatic rings.